The van der Waals surface area contributed by atoms with Crippen LogP contribution in [0.4, 0.5) is 13.2 Å². The van der Waals surface area contributed by atoms with Crippen molar-refractivity contribution in [3.8, 4) is 0 Å². The van der Waals surface area contributed by atoms with Crippen molar-refractivity contribution < 1.29 is 22.6 Å². The molecular weight excluding hydrogens is 223 g/mol. The Kier molecular flexibility index (Phi) is 7.26. The fourth-order valence-electron chi connectivity index (χ4n) is 0.737. The number of ether oxygens (including phenoxy) is 2. The van der Waals surface area contributed by atoms with Gasteiger partial charge in [-0.2, -0.15) is 0 Å². The number of methoxy groups -OCH3 is 1. The second-order valence-electron chi connectivity index (χ2n) is 2.55. The molecule has 0 saturated carbocycles. The number of hydrogen-bond donors (Lipinski definition) is 1. The SMILES string of the molecule is COCC(Cl)CNCCOC(F)(F)F. The minimum absolute atomic E-state index is 0.104. The summed E-state index contributed by atoms with van der Waals surface area (Å²) in [5.41, 5.74) is 0. The molecule has 14 heavy (non-hydrogen) atoms. The van der Waals surface area contributed by atoms with Crippen molar-refractivity contribution in [1.29, 1.82) is 0 Å². The van der Waals surface area contributed by atoms with E-state index in [1.54, 1.807) is 0 Å². The van der Waals surface area contributed by atoms with Gasteiger partial charge >= 0.3 is 6.36 Å². The van der Waals surface area contributed by atoms with E-state index < -0.39 is 13.0 Å². The van der Waals surface area contributed by atoms with Gasteiger partial charge in [0.15, 0.2) is 0 Å². The largest absolute Gasteiger partial charge is 0.522 e. The first kappa shape index (κ1) is 14.0. The summed E-state index contributed by atoms with van der Waals surface area (Å²) < 4.78 is 42.7. The highest BCUT2D eigenvalue weighted by atomic mass is 35.5. The molecule has 0 aromatic rings. The first-order chi connectivity index (χ1) is 6.45. The summed E-state index contributed by atoms with van der Waals surface area (Å²) in [6, 6.07) is 0. The van der Waals surface area contributed by atoms with Crippen molar-refractivity contribution in [1.82, 2.24) is 5.32 Å². The van der Waals surface area contributed by atoms with Crippen molar-refractivity contribution in [3.05, 3.63) is 0 Å². The second kappa shape index (κ2) is 7.28. The summed E-state index contributed by atoms with van der Waals surface area (Å²) in [4.78, 5) is 0. The molecule has 0 aliphatic heterocycles. The van der Waals surface area contributed by atoms with Crippen LogP contribution in [0.25, 0.3) is 0 Å². The van der Waals surface area contributed by atoms with Gasteiger partial charge in [0.25, 0.3) is 0 Å². The predicted molar refractivity (Wildman–Crippen MR) is 46.4 cm³/mol. The zero-order valence-electron chi connectivity index (χ0n) is 7.73. The van der Waals surface area contributed by atoms with Gasteiger partial charge in [-0.25, -0.2) is 0 Å². The van der Waals surface area contributed by atoms with Crippen LogP contribution in [0.3, 0.4) is 0 Å². The lowest BCUT2D eigenvalue weighted by atomic mass is 10.4. The van der Waals surface area contributed by atoms with E-state index in [0.717, 1.165) is 0 Å². The Bertz CT molecular complexity index is 145. The van der Waals surface area contributed by atoms with Crippen LogP contribution in [0.2, 0.25) is 0 Å². The summed E-state index contributed by atoms with van der Waals surface area (Å²) in [7, 11) is 1.50. The molecule has 0 aliphatic rings. The van der Waals surface area contributed by atoms with Crippen LogP contribution in [0, 0.1) is 0 Å². The Morgan fingerprint density at radius 3 is 2.57 bits per heavy atom. The normalized spacial score (nSPS) is 14.4. The van der Waals surface area contributed by atoms with Crippen LogP contribution in [0.1, 0.15) is 0 Å². The maximum absolute atomic E-state index is 11.5. The number of halogens is 4. The van der Waals surface area contributed by atoms with Crippen LogP contribution in [0.5, 0.6) is 0 Å². The third-order valence-electron chi connectivity index (χ3n) is 1.26. The van der Waals surface area contributed by atoms with E-state index in [-0.39, 0.29) is 11.9 Å². The minimum atomic E-state index is -4.56. The lowest BCUT2D eigenvalue weighted by Gasteiger charge is -2.10. The maximum atomic E-state index is 11.5. The number of nitrogens with one attached hydrogen (secondary N) is 1. The molecule has 7 heteroatoms. The molecule has 3 nitrogen and oxygen atoms in total. The zero-order chi connectivity index (χ0) is 11.0. The molecule has 0 radical (unpaired) electrons. The van der Waals surface area contributed by atoms with Gasteiger partial charge < -0.3 is 10.1 Å². The molecule has 0 saturated heterocycles. The van der Waals surface area contributed by atoms with E-state index >= 15 is 0 Å². The highest BCUT2D eigenvalue weighted by Crippen LogP contribution is 2.15. The number of rotatable bonds is 7. The summed E-state index contributed by atoms with van der Waals surface area (Å²) in [6.45, 7) is 0.428. The Morgan fingerprint density at radius 1 is 1.43 bits per heavy atom. The van der Waals surface area contributed by atoms with Crippen molar-refractivity contribution in [3.63, 3.8) is 0 Å². The Balaban J connectivity index is 3.21. The van der Waals surface area contributed by atoms with E-state index in [1.165, 1.54) is 7.11 Å². The average Bonchev–Trinajstić information content (AvgIpc) is 2.02. The van der Waals surface area contributed by atoms with E-state index in [1.807, 2.05) is 0 Å². The maximum Gasteiger partial charge on any atom is 0.522 e. The van der Waals surface area contributed by atoms with Gasteiger partial charge in [0.2, 0.25) is 0 Å². The van der Waals surface area contributed by atoms with Gasteiger partial charge in [0, 0.05) is 20.2 Å². The first-order valence-corrected chi connectivity index (χ1v) is 4.43. The number of alkyl halides is 4. The minimum Gasteiger partial charge on any atom is -0.383 e. The van der Waals surface area contributed by atoms with E-state index in [4.69, 9.17) is 16.3 Å². The molecule has 1 N–H and O–H groups in total. The highest BCUT2D eigenvalue weighted by molar-refractivity contribution is 6.20. The summed E-state index contributed by atoms with van der Waals surface area (Å²) >= 11 is 5.70. The zero-order valence-corrected chi connectivity index (χ0v) is 8.49. The molecule has 0 rings (SSSR count). The summed E-state index contributed by atoms with van der Waals surface area (Å²) in [6.07, 6.45) is -4.56. The second-order valence-corrected chi connectivity index (χ2v) is 3.17. The molecular formula is C7H13ClF3NO2. The molecule has 1 atom stereocenters. The summed E-state index contributed by atoms with van der Waals surface area (Å²) in [5, 5.41) is 2.46. The van der Waals surface area contributed by atoms with Crippen LogP contribution < -0.4 is 5.32 Å². The standard InChI is InChI=1S/C7H13ClF3NO2/c1-13-5-6(8)4-12-2-3-14-7(9,10)11/h6,12H,2-5H2,1H3. The van der Waals surface area contributed by atoms with E-state index in [0.29, 0.717) is 13.2 Å². The third kappa shape index (κ3) is 10.0. The van der Waals surface area contributed by atoms with Gasteiger partial charge in [-0.3, -0.25) is 4.74 Å². The smallest absolute Gasteiger partial charge is 0.383 e. The van der Waals surface area contributed by atoms with Gasteiger partial charge in [-0.15, -0.1) is 24.8 Å². The molecule has 86 valence electrons. The van der Waals surface area contributed by atoms with Crippen molar-refractivity contribution >= 4 is 11.6 Å². The fourth-order valence-corrected chi connectivity index (χ4v) is 0.972. The van der Waals surface area contributed by atoms with Crippen molar-refractivity contribution in [2.24, 2.45) is 0 Å². The van der Waals surface area contributed by atoms with E-state index in [2.05, 4.69) is 10.1 Å². The van der Waals surface area contributed by atoms with Crippen molar-refractivity contribution in [2.75, 3.05) is 33.4 Å². The molecule has 0 amide bonds. The Hall–Kier alpha value is -0.0400. The average molecular weight is 236 g/mol. The lowest BCUT2D eigenvalue weighted by Crippen LogP contribution is -2.30. The summed E-state index contributed by atoms with van der Waals surface area (Å²) in [5.74, 6) is 0. The Labute approximate surface area is 85.5 Å². The van der Waals surface area contributed by atoms with Crippen LogP contribution >= 0.6 is 11.6 Å². The highest BCUT2D eigenvalue weighted by Gasteiger charge is 2.28. The van der Waals surface area contributed by atoms with Crippen LogP contribution in [-0.4, -0.2) is 45.2 Å². The van der Waals surface area contributed by atoms with E-state index in [9.17, 15) is 13.2 Å². The van der Waals surface area contributed by atoms with Gasteiger partial charge in [0.1, 0.15) is 0 Å². The topological polar surface area (TPSA) is 30.5 Å². The van der Waals surface area contributed by atoms with Crippen LogP contribution in [-0.2, 0) is 9.47 Å². The molecule has 0 heterocycles. The van der Waals surface area contributed by atoms with Gasteiger partial charge in [0.05, 0.1) is 18.6 Å². The molecule has 0 aromatic heterocycles. The first-order valence-electron chi connectivity index (χ1n) is 4.00. The van der Waals surface area contributed by atoms with Crippen LogP contribution in [0.15, 0.2) is 0 Å². The lowest BCUT2D eigenvalue weighted by molar-refractivity contribution is -0.323. The van der Waals surface area contributed by atoms with Gasteiger partial charge in [-0.05, 0) is 0 Å². The molecule has 0 spiro atoms. The number of hydrogen-bond acceptors (Lipinski definition) is 3. The molecule has 0 aromatic carbocycles. The molecule has 0 fully saturated rings. The van der Waals surface area contributed by atoms with Gasteiger partial charge in [-0.1, -0.05) is 0 Å². The molecule has 0 bridgehead atoms. The predicted octanol–water partition coefficient (Wildman–Crippen LogP) is 1.37. The third-order valence-corrected chi connectivity index (χ3v) is 1.54. The molecule has 0 aliphatic carbocycles. The fraction of sp³-hybridized carbons (Fsp3) is 1.00. The molecule has 1 unspecified atom stereocenters. The monoisotopic (exact) mass is 235 g/mol. The van der Waals surface area contributed by atoms with Crippen molar-refractivity contribution in [2.45, 2.75) is 11.7 Å². The Morgan fingerprint density at radius 2 is 2.07 bits per heavy atom. The quantitative estimate of drug-likeness (QED) is 0.534.